The van der Waals surface area contributed by atoms with Crippen LogP contribution in [0.2, 0.25) is 5.02 Å². The van der Waals surface area contributed by atoms with E-state index in [0.29, 0.717) is 44.2 Å². The number of benzene rings is 3. The Hall–Kier alpha value is -2.77. The summed E-state index contributed by atoms with van der Waals surface area (Å²) < 4.78 is 6.82. The molecule has 1 saturated heterocycles. The molecule has 2 N–H and O–H groups in total. The molecule has 0 amide bonds. The van der Waals surface area contributed by atoms with Crippen LogP contribution in [0.25, 0.3) is 10.8 Å². The summed E-state index contributed by atoms with van der Waals surface area (Å²) in [6.45, 7) is 10.1. The third kappa shape index (κ3) is 4.67. The standard InChI is InChI=1S/C32H37ClN2O4/c1-21(36)27-19-34-15-14-32(27,30(37)38)35(20-31(2,3)4)16-17-39-29(26-18-23(33)12-13-28(26)35)25-11-7-9-22-8-5-6-10-24(22)25/h5-13,18,27,29,34H,14-17,19-20H2,1-4H3/p+1/t27-,29?,32+,35+/m1/s1. The van der Waals surface area contributed by atoms with Gasteiger partial charge in [-0.3, -0.25) is 9.28 Å². The number of piperidine rings is 1. The number of carboxylic acid groups (broad SMARTS) is 1. The summed E-state index contributed by atoms with van der Waals surface area (Å²) >= 11 is 6.65. The van der Waals surface area contributed by atoms with Crippen LogP contribution in [0, 0.1) is 11.3 Å². The van der Waals surface area contributed by atoms with E-state index < -0.39 is 23.5 Å². The van der Waals surface area contributed by atoms with Gasteiger partial charge in [0.1, 0.15) is 24.1 Å². The number of quaternary nitrogens is 1. The Balaban J connectivity index is 1.84. The fourth-order valence-corrected chi connectivity index (χ4v) is 7.41. The van der Waals surface area contributed by atoms with Crippen LogP contribution >= 0.6 is 11.6 Å². The quantitative estimate of drug-likeness (QED) is 0.382. The number of halogens is 1. The molecule has 206 valence electrons. The first kappa shape index (κ1) is 27.8. The second-order valence-corrected chi connectivity index (χ2v) is 12.7. The van der Waals surface area contributed by atoms with E-state index in [0.717, 1.165) is 27.6 Å². The summed E-state index contributed by atoms with van der Waals surface area (Å²) in [7, 11) is 0. The van der Waals surface area contributed by atoms with E-state index in [2.05, 4.69) is 50.4 Å². The average molecular weight is 550 g/mol. The van der Waals surface area contributed by atoms with E-state index >= 15 is 0 Å². The molecule has 6 nitrogen and oxygen atoms in total. The largest absolute Gasteiger partial charge is 0.477 e. The van der Waals surface area contributed by atoms with Crippen LogP contribution in [0.5, 0.6) is 0 Å². The van der Waals surface area contributed by atoms with Gasteiger partial charge in [0.05, 0.1) is 19.1 Å². The highest BCUT2D eigenvalue weighted by atomic mass is 35.5. The summed E-state index contributed by atoms with van der Waals surface area (Å²) in [6.07, 6.45) is -0.1000. The van der Waals surface area contributed by atoms with Gasteiger partial charge in [0, 0.05) is 41.6 Å². The first-order valence-electron chi connectivity index (χ1n) is 13.7. The number of nitrogens with zero attached hydrogens (tertiary/aromatic N) is 1. The summed E-state index contributed by atoms with van der Waals surface area (Å²) in [6, 6.07) is 20.2. The fraction of sp³-hybridized carbons (Fsp3) is 0.438. The maximum absolute atomic E-state index is 13.6. The number of carboxylic acids is 1. The highest BCUT2D eigenvalue weighted by Crippen LogP contribution is 2.51. The molecule has 3 aromatic carbocycles. The summed E-state index contributed by atoms with van der Waals surface area (Å²) in [4.78, 5) is 26.8. The van der Waals surface area contributed by atoms with Crippen LogP contribution < -0.4 is 9.80 Å². The van der Waals surface area contributed by atoms with Crippen molar-refractivity contribution in [3.63, 3.8) is 0 Å². The Morgan fingerprint density at radius 1 is 1.10 bits per heavy atom. The van der Waals surface area contributed by atoms with Gasteiger partial charge in [-0.15, -0.1) is 0 Å². The summed E-state index contributed by atoms with van der Waals surface area (Å²) in [5.41, 5.74) is 1.15. The lowest BCUT2D eigenvalue weighted by molar-refractivity contribution is -0.162. The number of ketones is 1. The minimum Gasteiger partial charge on any atom is -0.477 e. The highest BCUT2D eigenvalue weighted by Gasteiger charge is 2.66. The lowest BCUT2D eigenvalue weighted by atomic mass is 9.71. The van der Waals surface area contributed by atoms with Gasteiger partial charge in [0.25, 0.3) is 0 Å². The van der Waals surface area contributed by atoms with E-state index in [1.54, 1.807) is 0 Å². The smallest absolute Gasteiger partial charge is 0.367 e. The zero-order valence-electron chi connectivity index (χ0n) is 23.2. The zero-order valence-corrected chi connectivity index (χ0v) is 23.9. The highest BCUT2D eigenvalue weighted by molar-refractivity contribution is 6.30. The molecule has 1 fully saturated rings. The minimum atomic E-state index is -1.36. The van der Waals surface area contributed by atoms with Gasteiger partial charge >= 0.3 is 5.97 Å². The van der Waals surface area contributed by atoms with Gasteiger partial charge < -0.3 is 15.2 Å². The first-order chi connectivity index (χ1) is 18.5. The minimum absolute atomic E-state index is 0.109. The Labute approximate surface area is 235 Å². The molecule has 1 unspecified atom stereocenters. The number of nitrogens with one attached hydrogen (secondary N) is 1. The molecule has 0 aliphatic carbocycles. The van der Waals surface area contributed by atoms with Gasteiger partial charge in [0.15, 0.2) is 0 Å². The van der Waals surface area contributed by atoms with Crippen molar-refractivity contribution in [1.29, 1.82) is 0 Å². The number of carbonyl (C=O) groups excluding carboxylic acids is 1. The molecule has 4 atom stereocenters. The van der Waals surface area contributed by atoms with Gasteiger partial charge in [-0.05, 0) is 35.4 Å². The third-order valence-corrected chi connectivity index (χ3v) is 8.81. The summed E-state index contributed by atoms with van der Waals surface area (Å²) in [5, 5.41) is 17.2. The molecule has 2 aliphatic heterocycles. The Morgan fingerprint density at radius 3 is 2.56 bits per heavy atom. The van der Waals surface area contributed by atoms with Crippen molar-refractivity contribution in [1.82, 2.24) is 9.80 Å². The van der Waals surface area contributed by atoms with E-state index in [9.17, 15) is 14.7 Å². The number of aliphatic carboxylic acids is 1. The number of hydrogen-bond acceptors (Lipinski definition) is 4. The zero-order chi connectivity index (χ0) is 28.0. The predicted octanol–water partition coefficient (Wildman–Crippen LogP) is 5.99. The molecule has 5 rings (SSSR count). The van der Waals surface area contributed by atoms with Crippen LogP contribution in [-0.2, 0) is 14.3 Å². The normalized spacial score (nSPS) is 27.5. The topological polar surface area (TPSA) is 75.6 Å². The molecule has 0 spiro atoms. The van der Waals surface area contributed by atoms with E-state index in [1.807, 2.05) is 36.4 Å². The number of Topliss-reactive ketones (excluding diaryl/α,β-unsaturated/α-hetero) is 1. The van der Waals surface area contributed by atoms with Crippen molar-refractivity contribution < 1.29 is 19.4 Å². The molecule has 0 saturated carbocycles. The monoisotopic (exact) mass is 549 g/mol. The number of rotatable bonds is 5. The van der Waals surface area contributed by atoms with Gasteiger partial charge in [-0.2, -0.15) is 0 Å². The van der Waals surface area contributed by atoms with Crippen molar-refractivity contribution in [3.8, 4) is 0 Å². The molecule has 2 aliphatic rings. The average Bonchev–Trinajstić information content (AvgIpc) is 3.04. The maximum atomic E-state index is 13.6. The molecule has 3 aromatic rings. The first-order valence-corrected chi connectivity index (χ1v) is 14.1. The van der Waals surface area contributed by atoms with Crippen LogP contribution in [0.3, 0.4) is 0 Å². The lowest BCUT2D eigenvalue weighted by Crippen LogP contribution is -2.78. The molecule has 0 aromatic heterocycles. The van der Waals surface area contributed by atoms with Gasteiger partial charge in [0.2, 0.25) is 5.54 Å². The number of ether oxygens (including phenoxy) is 1. The molecule has 0 bridgehead atoms. The van der Waals surface area contributed by atoms with E-state index in [1.165, 1.54) is 6.92 Å². The Morgan fingerprint density at radius 2 is 1.85 bits per heavy atom. The van der Waals surface area contributed by atoms with Crippen LogP contribution in [0.1, 0.15) is 51.3 Å². The summed E-state index contributed by atoms with van der Waals surface area (Å²) in [5.74, 6) is -1.73. The van der Waals surface area contributed by atoms with E-state index in [4.69, 9.17) is 16.3 Å². The van der Waals surface area contributed by atoms with Crippen molar-refractivity contribution in [3.05, 3.63) is 76.8 Å². The van der Waals surface area contributed by atoms with Crippen molar-refractivity contribution in [2.75, 3.05) is 32.8 Å². The van der Waals surface area contributed by atoms with Crippen molar-refractivity contribution >= 4 is 39.8 Å². The third-order valence-electron chi connectivity index (χ3n) is 8.57. The number of hydrogen-bond donors (Lipinski definition) is 2. The van der Waals surface area contributed by atoms with E-state index in [-0.39, 0.29) is 15.7 Å². The van der Waals surface area contributed by atoms with Crippen molar-refractivity contribution in [2.45, 2.75) is 45.8 Å². The predicted molar refractivity (Wildman–Crippen MR) is 156 cm³/mol. The van der Waals surface area contributed by atoms with Crippen LogP contribution in [0.4, 0.5) is 5.69 Å². The van der Waals surface area contributed by atoms with Crippen LogP contribution in [0.15, 0.2) is 60.7 Å². The SMILES string of the molecule is CC(=O)[C@H]1CNCC[C@]1(C(=O)O)[N@+]1(CC(C)(C)C)CCOC(c2cccc3ccccc23)c2cc(Cl)ccc21. The molecule has 7 heteroatoms. The fourth-order valence-electron chi connectivity index (χ4n) is 7.23. The second kappa shape index (κ2) is 10.3. The second-order valence-electron chi connectivity index (χ2n) is 12.3. The molecular formula is C32H38ClN2O4+. The Bertz CT molecular complexity index is 1410. The Kier molecular flexibility index (Phi) is 7.36. The maximum Gasteiger partial charge on any atom is 0.367 e. The number of fused-ring (bicyclic) bond motifs is 2. The molecular weight excluding hydrogens is 512 g/mol. The van der Waals surface area contributed by atoms with Crippen molar-refractivity contribution in [2.24, 2.45) is 11.3 Å². The van der Waals surface area contributed by atoms with Gasteiger partial charge in [-0.25, -0.2) is 4.79 Å². The lowest BCUT2D eigenvalue weighted by Gasteiger charge is -2.56. The molecule has 39 heavy (non-hydrogen) atoms. The molecule has 0 radical (unpaired) electrons. The molecule has 2 heterocycles. The van der Waals surface area contributed by atoms with Crippen LogP contribution in [-0.4, -0.2) is 55.2 Å². The number of carbonyl (C=O) groups is 2. The van der Waals surface area contributed by atoms with Gasteiger partial charge in [-0.1, -0.05) is 74.8 Å².